The number of ether oxygens (including phenoxy) is 2. The number of amides is 4. The lowest BCUT2D eigenvalue weighted by molar-refractivity contribution is -0.150. The fourth-order valence-electron chi connectivity index (χ4n) is 4.32. The molecule has 0 spiro atoms. The zero-order valence-corrected chi connectivity index (χ0v) is 27.1. The number of esters is 1. The highest BCUT2D eigenvalue weighted by Gasteiger charge is 2.39. The summed E-state index contributed by atoms with van der Waals surface area (Å²) in [6, 6.07) is 7.52. The molecule has 0 radical (unpaired) electrons. The third-order valence-corrected chi connectivity index (χ3v) is 6.56. The summed E-state index contributed by atoms with van der Waals surface area (Å²) in [6.07, 6.45) is 1.21. The van der Waals surface area contributed by atoms with Gasteiger partial charge in [0.25, 0.3) is 5.91 Å². The minimum atomic E-state index is -0.624. The van der Waals surface area contributed by atoms with E-state index in [1.54, 1.807) is 40.0 Å². The van der Waals surface area contributed by atoms with E-state index in [2.05, 4.69) is 22.5 Å². The van der Waals surface area contributed by atoms with Crippen molar-refractivity contribution in [2.75, 3.05) is 19.0 Å². The molecule has 2 heterocycles. The number of hydrogen-bond donors (Lipinski definition) is 3. The van der Waals surface area contributed by atoms with Crippen LogP contribution in [0.15, 0.2) is 42.5 Å². The van der Waals surface area contributed by atoms with E-state index in [9.17, 15) is 28.4 Å². The highest BCUT2D eigenvalue weighted by Crippen LogP contribution is 2.30. The lowest BCUT2D eigenvalue weighted by Crippen LogP contribution is -2.52. The summed E-state index contributed by atoms with van der Waals surface area (Å²) < 4.78 is 24.4. The van der Waals surface area contributed by atoms with E-state index in [1.807, 2.05) is 19.9 Å². The van der Waals surface area contributed by atoms with Gasteiger partial charge in [0.15, 0.2) is 11.6 Å². The average Bonchev–Trinajstić information content (AvgIpc) is 3.31. The van der Waals surface area contributed by atoms with Crippen LogP contribution in [0.25, 0.3) is 0 Å². The maximum absolute atomic E-state index is 14.0. The fourth-order valence-corrected chi connectivity index (χ4v) is 4.53. The number of nitrogens with zero attached hydrogens (tertiary/aromatic N) is 1. The first-order valence-electron chi connectivity index (χ1n) is 14.4. The molecule has 0 bridgehead atoms. The molecule has 4 rings (SSSR count). The van der Waals surface area contributed by atoms with Crippen LogP contribution in [0.3, 0.4) is 0 Å². The lowest BCUT2D eigenvalue weighted by Gasteiger charge is -2.29. The number of nitrogens with one attached hydrogen (secondary N) is 3. The van der Waals surface area contributed by atoms with Gasteiger partial charge in [-0.15, -0.1) is 0 Å². The summed E-state index contributed by atoms with van der Waals surface area (Å²) in [4.78, 5) is 59.1. The summed E-state index contributed by atoms with van der Waals surface area (Å²) in [5.74, 6) is -2.14. The second kappa shape index (κ2) is 16.6. The Morgan fingerprint density at radius 2 is 1.89 bits per heavy atom. The van der Waals surface area contributed by atoms with Crippen molar-refractivity contribution in [3.63, 3.8) is 0 Å². The normalized spacial score (nSPS) is 15.3. The van der Waals surface area contributed by atoms with Gasteiger partial charge in [0.1, 0.15) is 18.2 Å². The van der Waals surface area contributed by atoms with Gasteiger partial charge in [-0.05, 0) is 50.5 Å². The summed E-state index contributed by atoms with van der Waals surface area (Å²) in [5.41, 5.74) is 1.97. The molecule has 11 nitrogen and oxygen atoms in total. The molecule has 1 saturated heterocycles. The van der Waals surface area contributed by atoms with Gasteiger partial charge >= 0.3 is 5.97 Å². The smallest absolute Gasteiger partial charge is 0.337 e. The molecule has 4 amide bonds. The van der Waals surface area contributed by atoms with Crippen molar-refractivity contribution in [2.24, 2.45) is 0 Å². The van der Waals surface area contributed by atoms with Crippen LogP contribution in [0.1, 0.15) is 68.9 Å². The Morgan fingerprint density at radius 3 is 2.49 bits per heavy atom. The average molecular weight is 647 g/mol. The summed E-state index contributed by atoms with van der Waals surface area (Å²) in [7, 11) is 1.57. The molecule has 2 aromatic rings. The predicted octanol–water partition coefficient (Wildman–Crippen LogP) is 4.52. The van der Waals surface area contributed by atoms with Gasteiger partial charge in [-0.1, -0.05) is 44.2 Å². The molecule has 1 fully saturated rings. The van der Waals surface area contributed by atoms with E-state index >= 15 is 0 Å². The Morgan fingerprint density at radius 1 is 1.20 bits per heavy atom. The van der Waals surface area contributed by atoms with Crippen molar-refractivity contribution in [3.8, 4) is 5.75 Å². The third kappa shape index (κ3) is 10.3. The van der Waals surface area contributed by atoms with Gasteiger partial charge in [-0.3, -0.25) is 24.5 Å². The number of carbonyl (C=O) groups is 5. The van der Waals surface area contributed by atoms with Crippen LogP contribution in [-0.4, -0.2) is 60.3 Å². The van der Waals surface area contributed by atoms with Crippen molar-refractivity contribution >= 4 is 47.4 Å². The molecule has 2 aliphatic heterocycles. The minimum absolute atomic E-state index is 0.0587. The number of imide groups is 1. The zero-order chi connectivity index (χ0) is 33.9. The molecule has 1 atom stereocenters. The number of fused-ring (bicyclic) bond motifs is 1. The lowest BCUT2D eigenvalue weighted by atomic mass is 10.0. The number of anilines is 1. The van der Waals surface area contributed by atoms with Crippen molar-refractivity contribution in [3.05, 3.63) is 70.0 Å². The van der Waals surface area contributed by atoms with Crippen LogP contribution < -0.4 is 20.7 Å². The largest absolute Gasteiger partial charge is 0.485 e. The monoisotopic (exact) mass is 646 g/mol. The minimum Gasteiger partial charge on any atom is -0.485 e. The summed E-state index contributed by atoms with van der Waals surface area (Å²) in [6.45, 7) is 13.4. The van der Waals surface area contributed by atoms with Gasteiger partial charge < -0.3 is 25.0 Å². The van der Waals surface area contributed by atoms with Gasteiger partial charge in [-0.25, -0.2) is 9.18 Å². The Balaban J connectivity index is 0.000000298. The fraction of sp³-hybridized carbons (Fsp3) is 0.406. The van der Waals surface area contributed by atoms with Crippen molar-refractivity contribution in [2.45, 2.75) is 72.2 Å². The number of piperidine rings is 1. The first-order chi connectivity index (χ1) is 21.2. The molecule has 3 N–H and O–H groups in total. The van der Waals surface area contributed by atoms with Gasteiger partial charge in [-0.2, -0.15) is 0 Å². The first-order valence-corrected chi connectivity index (χ1v) is 14.8. The molecule has 1 unspecified atom stereocenters. The van der Waals surface area contributed by atoms with Crippen LogP contribution in [-0.2, 0) is 37.0 Å². The standard InChI is InChI=1S/C15H19ClFNO3.C15H15N3O4.C2H6/c1-9(14(19)21-15(2,3)4)8-20-12-7-10(16)6-11(18-5)13(12)17;19-8-16-6-9-1-2-11-10(5-9)7-18(15(11)22)12-3-4-13(20)17-14(12)21;1-2/h6-7,18H,1,8H2,2-5H3;1-2,5,8,12H,3-4,6-7H2,(H,16,19)(H,17,20,21);1-2H3. The summed E-state index contributed by atoms with van der Waals surface area (Å²) in [5, 5.41) is 7.83. The first kappa shape index (κ1) is 36.7. The summed E-state index contributed by atoms with van der Waals surface area (Å²) >= 11 is 5.87. The molecule has 45 heavy (non-hydrogen) atoms. The molecule has 13 heteroatoms. The number of rotatable bonds is 9. The van der Waals surface area contributed by atoms with E-state index in [1.165, 1.54) is 17.0 Å². The molecule has 0 aromatic heterocycles. The highest BCUT2D eigenvalue weighted by molar-refractivity contribution is 6.31. The van der Waals surface area contributed by atoms with Crippen molar-refractivity contribution < 1.29 is 37.8 Å². The van der Waals surface area contributed by atoms with Gasteiger partial charge in [0.2, 0.25) is 18.2 Å². The Hall–Kier alpha value is -4.45. The maximum Gasteiger partial charge on any atom is 0.337 e. The number of hydrogen-bond acceptors (Lipinski definition) is 8. The van der Waals surface area contributed by atoms with E-state index in [4.69, 9.17) is 21.1 Å². The Kier molecular flexibility index (Phi) is 13.5. The molecular weight excluding hydrogens is 607 g/mol. The molecule has 2 aromatic carbocycles. The SMILES string of the molecule is C=C(COc1cc(Cl)cc(NC)c1F)C(=O)OC(C)(C)C.CC.O=CNCc1ccc2c(c1)CN(C1CCC(=O)NC1=O)C2=O. The number of halogens is 2. The van der Waals surface area contributed by atoms with Crippen LogP contribution in [0.4, 0.5) is 10.1 Å². The van der Waals surface area contributed by atoms with Crippen LogP contribution in [0.5, 0.6) is 5.75 Å². The zero-order valence-electron chi connectivity index (χ0n) is 26.3. The van der Waals surface area contributed by atoms with Crippen LogP contribution in [0.2, 0.25) is 5.02 Å². The second-order valence-electron chi connectivity index (χ2n) is 10.8. The molecule has 0 aliphatic carbocycles. The highest BCUT2D eigenvalue weighted by atomic mass is 35.5. The molecule has 0 saturated carbocycles. The van der Waals surface area contributed by atoms with E-state index in [-0.39, 0.29) is 41.9 Å². The van der Waals surface area contributed by atoms with Gasteiger partial charge in [0, 0.05) is 43.2 Å². The topological polar surface area (TPSA) is 143 Å². The van der Waals surface area contributed by atoms with Crippen molar-refractivity contribution in [1.82, 2.24) is 15.5 Å². The maximum atomic E-state index is 14.0. The van der Waals surface area contributed by atoms with Crippen LogP contribution in [0, 0.1) is 5.82 Å². The Labute approximate surface area is 267 Å². The van der Waals surface area contributed by atoms with E-state index in [0.717, 1.165) is 11.1 Å². The van der Waals surface area contributed by atoms with E-state index < -0.39 is 29.3 Å². The molecular formula is C32H40ClFN4O7. The van der Waals surface area contributed by atoms with Crippen molar-refractivity contribution in [1.29, 1.82) is 0 Å². The number of carbonyl (C=O) groups excluding carboxylic acids is 5. The molecule has 244 valence electrons. The third-order valence-electron chi connectivity index (χ3n) is 6.34. The Bertz CT molecular complexity index is 1440. The number of benzene rings is 2. The van der Waals surface area contributed by atoms with Crippen LogP contribution >= 0.6 is 11.6 Å². The quantitative estimate of drug-likeness (QED) is 0.156. The van der Waals surface area contributed by atoms with E-state index in [0.29, 0.717) is 36.5 Å². The second-order valence-corrected chi connectivity index (χ2v) is 11.2. The predicted molar refractivity (Wildman–Crippen MR) is 168 cm³/mol. The van der Waals surface area contributed by atoms with Gasteiger partial charge in [0.05, 0.1) is 11.3 Å². The molecule has 2 aliphatic rings.